The van der Waals surface area contributed by atoms with Crippen LogP contribution in [0.3, 0.4) is 0 Å². The van der Waals surface area contributed by atoms with Crippen LogP contribution in [0.2, 0.25) is 0 Å². The second kappa shape index (κ2) is 8.01. The van der Waals surface area contributed by atoms with E-state index in [0.29, 0.717) is 10.1 Å². The van der Waals surface area contributed by atoms with Gasteiger partial charge in [-0.25, -0.2) is 4.99 Å². The largest absolute Gasteiger partial charge is 0.497 e. The molecule has 1 amide bonds. The lowest BCUT2D eigenvalue weighted by Gasteiger charge is -2.09. The van der Waals surface area contributed by atoms with Gasteiger partial charge in [-0.2, -0.15) is 0 Å². The molecule has 29 heavy (non-hydrogen) atoms. The first-order chi connectivity index (χ1) is 14.0. The molecule has 1 fully saturated rings. The van der Waals surface area contributed by atoms with Crippen LogP contribution in [0.15, 0.2) is 70.7 Å². The van der Waals surface area contributed by atoms with E-state index < -0.39 is 0 Å². The van der Waals surface area contributed by atoms with Crippen molar-refractivity contribution in [2.24, 2.45) is 4.99 Å². The third kappa shape index (κ3) is 4.12. The molecule has 4 rings (SSSR count). The number of rotatable bonds is 4. The Morgan fingerprint density at radius 3 is 2.59 bits per heavy atom. The third-order valence-corrected chi connectivity index (χ3v) is 5.69. The molecular formula is C23H21N3O2S. The molecule has 1 aliphatic rings. The molecule has 2 heterocycles. The van der Waals surface area contributed by atoms with Gasteiger partial charge in [0.15, 0.2) is 5.17 Å². The fraction of sp³-hybridized carbons (Fsp3) is 0.130. The van der Waals surface area contributed by atoms with Gasteiger partial charge >= 0.3 is 0 Å². The molecule has 1 N–H and O–H groups in total. The van der Waals surface area contributed by atoms with E-state index in [4.69, 9.17) is 4.74 Å². The molecule has 1 aromatic heterocycles. The molecule has 6 heteroatoms. The number of nitrogens with one attached hydrogen (secondary N) is 1. The molecule has 0 bridgehead atoms. The maximum absolute atomic E-state index is 12.4. The van der Waals surface area contributed by atoms with Crippen molar-refractivity contribution in [3.63, 3.8) is 0 Å². The van der Waals surface area contributed by atoms with Crippen LogP contribution in [0.1, 0.15) is 16.8 Å². The van der Waals surface area contributed by atoms with Gasteiger partial charge in [-0.05, 0) is 91.3 Å². The average Bonchev–Trinajstić information content (AvgIpc) is 3.31. The summed E-state index contributed by atoms with van der Waals surface area (Å²) in [5.41, 5.74) is 5.26. The molecule has 1 saturated heterocycles. The quantitative estimate of drug-likeness (QED) is 0.624. The molecule has 0 unspecified atom stereocenters. The zero-order valence-electron chi connectivity index (χ0n) is 16.5. The fourth-order valence-corrected chi connectivity index (χ4v) is 3.84. The molecule has 3 aromatic rings. The first-order valence-corrected chi connectivity index (χ1v) is 10.0. The summed E-state index contributed by atoms with van der Waals surface area (Å²) in [5.74, 6) is 0.625. The van der Waals surface area contributed by atoms with Crippen LogP contribution in [-0.2, 0) is 4.79 Å². The second-order valence-corrected chi connectivity index (χ2v) is 7.78. The smallest absolute Gasteiger partial charge is 0.264 e. The maximum Gasteiger partial charge on any atom is 0.264 e. The van der Waals surface area contributed by atoms with Gasteiger partial charge in [-0.3, -0.25) is 4.79 Å². The van der Waals surface area contributed by atoms with Crippen molar-refractivity contribution >= 4 is 34.6 Å². The van der Waals surface area contributed by atoms with Gasteiger partial charge in [0.05, 0.1) is 17.7 Å². The van der Waals surface area contributed by atoms with Crippen LogP contribution in [0.25, 0.3) is 11.8 Å². The van der Waals surface area contributed by atoms with Crippen LogP contribution in [-0.4, -0.2) is 22.8 Å². The Hall–Kier alpha value is -3.25. The normalized spacial score (nSPS) is 16.4. The van der Waals surface area contributed by atoms with Crippen LogP contribution in [0.4, 0.5) is 5.69 Å². The van der Waals surface area contributed by atoms with E-state index in [2.05, 4.69) is 46.9 Å². The Morgan fingerprint density at radius 1 is 1.07 bits per heavy atom. The Labute approximate surface area is 174 Å². The zero-order chi connectivity index (χ0) is 20.4. The molecule has 2 aromatic carbocycles. The van der Waals surface area contributed by atoms with Crippen LogP contribution >= 0.6 is 11.8 Å². The molecule has 0 saturated carbocycles. The summed E-state index contributed by atoms with van der Waals surface area (Å²) in [4.78, 5) is 17.6. The Balaban J connectivity index is 1.59. The lowest BCUT2D eigenvalue weighted by atomic mass is 10.1. The van der Waals surface area contributed by atoms with Crippen molar-refractivity contribution in [3.05, 3.63) is 82.5 Å². The summed E-state index contributed by atoms with van der Waals surface area (Å²) in [5, 5.41) is 3.40. The highest BCUT2D eigenvalue weighted by Gasteiger charge is 2.24. The molecule has 0 radical (unpaired) electrons. The standard InChI is InChI=1S/C23H21N3O2S/c1-15-6-9-19(13-16(15)2)26-12-4-5-18(26)14-21-22(27)25-23(29-21)24-17-7-10-20(28-3)11-8-17/h4-14H,1-3H3,(H,24,25,27)/b21-14+. The van der Waals surface area contributed by atoms with Gasteiger partial charge in [-0.15, -0.1) is 0 Å². The van der Waals surface area contributed by atoms with Crippen molar-refractivity contribution in [1.82, 2.24) is 9.88 Å². The first kappa shape index (κ1) is 19.1. The number of hydrogen-bond donors (Lipinski definition) is 1. The topological polar surface area (TPSA) is 55.6 Å². The molecule has 0 spiro atoms. The summed E-state index contributed by atoms with van der Waals surface area (Å²) < 4.78 is 7.23. The minimum atomic E-state index is -0.143. The van der Waals surface area contributed by atoms with E-state index in [0.717, 1.165) is 22.8 Å². The van der Waals surface area contributed by atoms with Crippen molar-refractivity contribution in [2.45, 2.75) is 13.8 Å². The third-order valence-electron chi connectivity index (χ3n) is 4.78. The highest BCUT2D eigenvalue weighted by Crippen LogP contribution is 2.29. The lowest BCUT2D eigenvalue weighted by molar-refractivity contribution is -0.115. The molecular weight excluding hydrogens is 382 g/mol. The van der Waals surface area contributed by atoms with E-state index in [9.17, 15) is 4.79 Å². The number of amidine groups is 1. The number of aromatic nitrogens is 1. The number of hydrogen-bond acceptors (Lipinski definition) is 4. The lowest BCUT2D eigenvalue weighted by Crippen LogP contribution is -2.19. The number of nitrogens with zero attached hydrogens (tertiary/aromatic N) is 2. The summed E-state index contributed by atoms with van der Waals surface area (Å²) in [7, 11) is 1.62. The van der Waals surface area contributed by atoms with Gasteiger partial charge < -0.3 is 14.6 Å². The number of aliphatic imine (C=N–C) groups is 1. The Kier molecular flexibility index (Phi) is 5.27. The highest BCUT2D eigenvalue weighted by atomic mass is 32.2. The number of thioether (sulfide) groups is 1. The highest BCUT2D eigenvalue weighted by molar-refractivity contribution is 8.18. The number of amides is 1. The number of carbonyl (C=O) groups excluding carboxylic acids is 1. The van der Waals surface area contributed by atoms with Gasteiger partial charge in [0.1, 0.15) is 5.75 Å². The molecule has 5 nitrogen and oxygen atoms in total. The molecule has 1 aliphatic heterocycles. The fourth-order valence-electron chi connectivity index (χ4n) is 3.01. The predicted molar refractivity (Wildman–Crippen MR) is 119 cm³/mol. The minimum absolute atomic E-state index is 0.143. The Morgan fingerprint density at radius 2 is 1.86 bits per heavy atom. The van der Waals surface area contributed by atoms with Crippen LogP contribution in [0, 0.1) is 13.8 Å². The molecule has 0 aliphatic carbocycles. The summed E-state index contributed by atoms with van der Waals surface area (Å²) >= 11 is 1.34. The van der Waals surface area contributed by atoms with Crippen molar-refractivity contribution < 1.29 is 9.53 Å². The monoisotopic (exact) mass is 403 g/mol. The number of benzene rings is 2. The predicted octanol–water partition coefficient (Wildman–Crippen LogP) is 4.99. The van der Waals surface area contributed by atoms with Crippen LogP contribution in [0.5, 0.6) is 5.75 Å². The number of carbonyl (C=O) groups is 1. The van der Waals surface area contributed by atoms with Crippen LogP contribution < -0.4 is 10.1 Å². The van der Waals surface area contributed by atoms with E-state index in [1.54, 1.807) is 7.11 Å². The summed E-state index contributed by atoms with van der Waals surface area (Å²) in [6.07, 6.45) is 3.89. The van der Waals surface area contributed by atoms with E-state index in [1.165, 1.54) is 22.9 Å². The van der Waals surface area contributed by atoms with Crippen molar-refractivity contribution in [3.8, 4) is 11.4 Å². The second-order valence-electron chi connectivity index (χ2n) is 6.75. The van der Waals surface area contributed by atoms with E-state index in [1.807, 2.05) is 48.7 Å². The van der Waals surface area contributed by atoms with Crippen molar-refractivity contribution in [1.29, 1.82) is 0 Å². The summed E-state index contributed by atoms with van der Waals surface area (Å²) in [6.45, 7) is 4.20. The number of methoxy groups -OCH3 is 1. The van der Waals surface area contributed by atoms with E-state index >= 15 is 0 Å². The van der Waals surface area contributed by atoms with Gasteiger partial charge in [0.2, 0.25) is 0 Å². The zero-order valence-corrected chi connectivity index (χ0v) is 17.3. The minimum Gasteiger partial charge on any atom is -0.497 e. The first-order valence-electron chi connectivity index (χ1n) is 9.22. The Bertz CT molecular complexity index is 1130. The van der Waals surface area contributed by atoms with Gasteiger partial charge in [0, 0.05) is 17.6 Å². The molecule has 146 valence electrons. The maximum atomic E-state index is 12.4. The average molecular weight is 404 g/mol. The van der Waals surface area contributed by atoms with Crippen molar-refractivity contribution in [2.75, 3.05) is 7.11 Å². The summed E-state index contributed by atoms with van der Waals surface area (Å²) in [6, 6.07) is 17.7. The van der Waals surface area contributed by atoms with E-state index in [-0.39, 0.29) is 5.91 Å². The van der Waals surface area contributed by atoms with Gasteiger partial charge in [0.25, 0.3) is 5.91 Å². The number of aryl methyl sites for hydroxylation is 2. The molecule has 0 atom stereocenters. The SMILES string of the molecule is COc1ccc(N=C2NC(=O)/C(=C\c3cccn3-c3ccc(C)c(C)c3)S2)cc1. The number of ether oxygens (including phenoxy) is 1. The van der Waals surface area contributed by atoms with Gasteiger partial charge in [-0.1, -0.05) is 6.07 Å².